The van der Waals surface area contributed by atoms with Crippen LogP contribution in [0, 0.1) is 11.3 Å². The van der Waals surface area contributed by atoms with Gasteiger partial charge in [0.1, 0.15) is 11.9 Å². The van der Waals surface area contributed by atoms with E-state index in [1.54, 1.807) is 0 Å². The number of nitrogens with one attached hydrogen (secondary N) is 1. The highest BCUT2D eigenvalue weighted by atomic mass is 16.5. The SMILES string of the molecule is CC(OCC1CCOCC1)C(=N)N. The summed E-state index contributed by atoms with van der Waals surface area (Å²) in [6, 6.07) is 0. The molecular weight excluding hydrogens is 168 g/mol. The molecular formula is C9H18N2O2. The maximum absolute atomic E-state index is 7.15. The molecule has 4 nitrogen and oxygen atoms in total. The zero-order valence-corrected chi connectivity index (χ0v) is 8.08. The number of hydrogen-bond donors (Lipinski definition) is 2. The highest BCUT2D eigenvalue weighted by Gasteiger charge is 2.15. The summed E-state index contributed by atoms with van der Waals surface area (Å²) >= 11 is 0. The lowest BCUT2D eigenvalue weighted by molar-refractivity contribution is 0.0121. The molecule has 0 aromatic carbocycles. The molecule has 0 aromatic heterocycles. The molecule has 0 bridgehead atoms. The maximum Gasteiger partial charge on any atom is 0.120 e. The molecule has 0 saturated carbocycles. The molecule has 1 atom stereocenters. The molecule has 1 rings (SSSR count). The van der Waals surface area contributed by atoms with Gasteiger partial charge in [-0.2, -0.15) is 0 Å². The Kier molecular flexibility index (Phi) is 4.18. The molecule has 1 unspecified atom stereocenters. The quantitative estimate of drug-likeness (QED) is 0.503. The van der Waals surface area contributed by atoms with Crippen LogP contribution in [-0.2, 0) is 9.47 Å². The van der Waals surface area contributed by atoms with Crippen molar-refractivity contribution < 1.29 is 9.47 Å². The van der Waals surface area contributed by atoms with Gasteiger partial charge in [-0.25, -0.2) is 0 Å². The van der Waals surface area contributed by atoms with Crippen molar-refractivity contribution in [3.63, 3.8) is 0 Å². The van der Waals surface area contributed by atoms with Gasteiger partial charge in [0.2, 0.25) is 0 Å². The average Bonchev–Trinajstić information content (AvgIpc) is 2.15. The van der Waals surface area contributed by atoms with Crippen LogP contribution < -0.4 is 5.73 Å². The summed E-state index contributed by atoms with van der Waals surface area (Å²) in [6.07, 6.45) is 1.87. The molecule has 0 aromatic rings. The van der Waals surface area contributed by atoms with Crippen LogP contribution in [-0.4, -0.2) is 31.8 Å². The Morgan fingerprint density at radius 1 is 1.62 bits per heavy atom. The van der Waals surface area contributed by atoms with Crippen LogP contribution in [0.2, 0.25) is 0 Å². The van der Waals surface area contributed by atoms with E-state index in [9.17, 15) is 0 Å². The maximum atomic E-state index is 7.15. The second-order valence-electron chi connectivity index (χ2n) is 3.49. The fourth-order valence-corrected chi connectivity index (χ4v) is 1.28. The minimum absolute atomic E-state index is 0.104. The summed E-state index contributed by atoms with van der Waals surface area (Å²) < 4.78 is 10.7. The Hall–Kier alpha value is -0.610. The fourth-order valence-electron chi connectivity index (χ4n) is 1.28. The molecule has 1 aliphatic heterocycles. The normalized spacial score (nSPS) is 21.3. The lowest BCUT2D eigenvalue weighted by atomic mass is 10.0. The molecule has 1 heterocycles. The first-order chi connectivity index (χ1) is 6.20. The number of rotatable bonds is 4. The van der Waals surface area contributed by atoms with Crippen molar-refractivity contribution in [1.82, 2.24) is 0 Å². The van der Waals surface area contributed by atoms with Crippen molar-refractivity contribution in [1.29, 1.82) is 5.41 Å². The van der Waals surface area contributed by atoms with Crippen LogP contribution in [0.15, 0.2) is 0 Å². The van der Waals surface area contributed by atoms with E-state index in [1.165, 1.54) is 0 Å². The molecule has 1 fully saturated rings. The van der Waals surface area contributed by atoms with Gasteiger partial charge in [-0.3, -0.25) is 5.41 Å². The van der Waals surface area contributed by atoms with Crippen molar-refractivity contribution in [2.75, 3.05) is 19.8 Å². The van der Waals surface area contributed by atoms with Gasteiger partial charge in [0.25, 0.3) is 0 Å². The Balaban J connectivity index is 2.13. The molecule has 0 aliphatic carbocycles. The Morgan fingerprint density at radius 2 is 2.23 bits per heavy atom. The van der Waals surface area contributed by atoms with Gasteiger partial charge in [0.05, 0.1) is 6.61 Å². The first-order valence-corrected chi connectivity index (χ1v) is 4.73. The molecule has 1 saturated heterocycles. The fraction of sp³-hybridized carbons (Fsp3) is 0.889. The second kappa shape index (κ2) is 5.19. The molecule has 0 spiro atoms. The second-order valence-corrected chi connectivity index (χ2v) is 3.49. The predicted octanol–water partition coefficient (Wildman–Crippen LogP) is 0.754. The van der Waals surface area contributed by atoms with Crippen molar-refractivity contribution in [2.24, 2.45) is 11.7 Å². The van der Waals surface area contributed by atoms with E-state index < -0.39 is 0 Å². The van der Waals surface area contributed by atoms with E-state index >= 15 is 0 Å². The lowest BCUT2D eigenvalue weighted by Crippen LogP contribution is -2.30. The van der Waals surface area contributed by atoms with Gasteiger partial charge in [-0.05, 0) is 25.7 Å². The predicted molar refractivity (Wildman–Crippen MR) is 50.9 cm³/mol. The summed E-state index contributed by atoms with van der Waals surface area (Å²) in [6.45, 7) is 4.18. The Bertz CT molecular complexity index is 167. The number of amidine groups is 1. The molecule has 3 N–H and O–H groups in total. The summed E-state index contributed by atoms with van der Waals surface area (Å²) in [5, 5.41) is 7.15. The summed E-state index contributed by atoms with van der Waals surface area (Å²) in [7, 11) is 0. The molecule has 76 valence electrons. The van der Waals surface area contributed by atoms with Gasteiger partial charge in [0, 0.05) is 13.2 Å². The van der Waals surface area contributed by atoms with E-state index in [2.05, 4.69) is 0 Å². The van der Waals surface area contributed by atoms with Crippen LogP contribution in [0.5, 0.6) is 0 Å². The van der Waals surface area contributed by atoms with Crippen LogP contribution in [0.4, 0.5) is 0 Å². The van der Waals surface area contributed by atoms with Crippen molar-refractivity contribution in [2.45, 2.75) is 25.9 Å². The van der Waals surface area contributed by atoms with Gasteiger partial charge in [-0.1, -0.05) is 0 Å². The third-order valence-corrected chi connectivity index (χ3v) is 2.36. The van der Waals surface area contributed by atoms with Gasteiger partial charge >= 0.3 is 0 Å². The Labute approximate surface area is 78.9 Å². The minimum atomic E-state index is -0.247. The van der Waals surface area contributed by atoms with Crippen LogP contribution >= 0.6 is 0 Å². The van der Waals surface area contributed by atoms with Gasteiger partial charge < -0.3 is 15.2 Å². The first kappa shape index (κ1) is 10.5. The van der Waals surface area contributed by atoms with Crippen molar-refractivity contribution in [3.8, 4) is 0 Å². The number of hydrogen-bond acceptors (Lipinski definition) is 3. The van der Waals surface area contributed by atoms with Crippen LogP contribution in [0.3, 0.4) is 0 Å². The van der Waals surface area contributed by atoms with E-state index in [1.807, 2.05) is 6.92 Å². The lowest BCUT2D eigenvalue weighted by Gasteiger charge is -2.23. The topological polar surface area (TPSA) is 68.3 Å². The van der Waals surface area contributed by atoms with E-state index in [0.717, 1.165) is 26.1 Å². The van der Waals surface area contributed by atoms with Crippen LogP contribution in [0.1, 0.15) is 19.8 Å². The first-order valence-electron chi connectivity index (χ1n) is 4.73. The largest absolute Gasteiger partial charge is 0.385 e. The zero-order chi connectivity index (χ0) is 9.68. The van der Waals surface area contributed by atoms with E-state index in [-0.39, 0.29) is 11.9 Å². The summed E-state index contributed by atoms with van der Waals surface area (Å²) in [5.41, 5.74) is 5.29. The number of ether oxygens (including phenoxy) is 2. The van der Waals surface area contributed by atoms with Crippen LogP contribution in [0.25, 0.3) is 0 Å². The monoisotopic (exact) mass is 186 g/mol. The van der Waals surface area contributed by atoms with Crippen molar-refractivity contribution >= 4 is 5.84 Å². The third-order valence-electron chi connectivity index (χ3n) is 2.36. The molecule has 0 radical (unpaired) electrons. The molecule has 4 heteroatoms. The smallest absolute Gasteiger partial charge is 0.120 e. The average molecular weight is 186 g/mol. The zero-order valence-electron chi connectivity index (χ0n) is 8.08. The summed E-state index contributed by atoms with van der Waals surface area (Å²) in [5.74, 6) is 0.683. The van der Waals surface area contributed by atoms with E-state index in [0.29, 0.717) is 12.5 Å². The summed E-state index contributed by atoms with van der Waals surface area (Å²) in [4.78, 5) is 0. The highest BCUT2D eigenvalue weighted by molar-refractivity contribution is 5.81. The number of nitrogens with two attached hydrogens (primary N) is 1. The third kappa shape index (κ3) is 3.74. The van der Waals surface area contributed by atoms with Gasteiger partial charge in [-0.15, -0.1) is 0 Å². The standard InChI is InChI=1S/C9H18N2O2/c1-7(9(10)11)13-6-8-2-4-12-5-3-8/h7-8H,2-6H2,1H3,(H3,10,11). The van der Waals surface area contributed by atoms with Crippen molar-refractivity contribution in [3.05, 3.63) is 0 Å². The van der Waals surface area contributed by atoms with E-state index in [4.69, 9.17) is 20.6 Å². The highest BCUT2D eigenvalue weighted by Crippen LogP contribution is 2.15. The molecule has 0 amide bonds. The molecule has 13 heavy (non-hydrogen) atoms. The minimum Gasteiger partial charge on any atom is -0.385 e. The van der Waals surface area contributed by atoms with Gasteiger partial charge in [0.15, 0.2) is 0 Å². The Morgan fingerprint density at radius 3 is 2.77 bits per heavy atom. The molecule has 1 aliphatic rings.